The molecule has 11 heteroatoms. The lowest BCUT2D eigenvalue weighted by Crippen LogP contribution is -2.16. The molecule has 0 atom stereocenters. The van der Waals surface area contributed by atoms with E-state index < -0.39 is 16.0 Å². The number of esters is 1. The standard InChI is InChI=1S/C22H16Cl2N4O4S/c1-32-22(29)16-12-14(8-11-17(16)24)25-20-21(27-19-5-3-2-4-18(19)26-20)28-33(30,31)15-9-6-13(23)7-10-15/h2-12H,1H3,(H,25,26)(H,27,28). The molecule has 33 heavy (non-hydrogen) atoms. The zero-order chi connectivity index (χ0) is 23.6. The first-order valence-corrected chi connectivity index (χ1v) is 11.7. The third-order valence-electron chi connectivity index (χ3n) is 4.56. The summed E-state index contributed by atoms with van der Waals surface area (Å²) in [6.45, 7) is 0. The van der Waals surface area contributed by atoms with Crippen molar-refractivity contribution in [3.05, 3.63) is 82.3 Å². The number of aromatic nitrogens is 2. The minimum absolute atomic E-state index is 0.00674. The number of nitrogens with one attached hydrogen (secondary N) is 2. The number of hydrogen-bond acceptors (Lipinski definition) is 7. The van der Waals surface area contributed by atoms with Crippen molar-refractivity contribution in [2.75, 3.05) is 17.1 Å². The Hall–Kier alpha value is -3.40. The van der Waals surface area contributed by atoms with Gasteiger partial charge < -0.3 is 10.1 Å². The minimum atomic E-state index is -3.99. The average molecular weight is 503 g/mol. The molecule has 0 unspecified atom stereocenters. The predicted molar refractivity (Wildman–Crippen MR) is 128 cm³/mol. The molecule has 168 valence electrons. The molecule has 8 nitrogen and oxygen atoms in total. The summed E-state index contributed by atoms with van der Waals surface area (Å²) >= 11 is 12.0. The van der Waals surface area contributed by atoms with E-state index in [0.29, 0.717) is 21.7 Å². The van der Waals surface area contributed by atoms with Crippen molar-refractivity contribution in [3.63, 3.8) is 0 Å². The van der Waals surface area contributed by atoms with Crippen molar-refractivity contribution in [1.82, 2.24) is 9.97 Å². The summed E-state index contributed by atoms with van der Waals surface area (Å²) in [4.78, 5) is 20.9. The van der Waals surface area contributed by atoms with E-state index in [1.807, 2.05) is 0 Å². The second-order valence-corrected chi connectivity index (χ2v) is 9.31. The maximum absolute atomic E-state index is 13.0. The third kappa shape index (κ3) is 5.00. The Morgan fingerprint density at radius 1 is 0.909 bits per heavy atom. The van der Waals surface area contributed by atoms with Crippen molar-refractivity contribution in [2.45, 2.75) is 4.90 Å². The van der Waals surface area contributed by atoms with E-state index in [0.717, 1.165) is 0 Å². The number of benzene rings is 3. The number of carbonyl (C=O) groups excluding carboxylic acids is 1. The summed E-state index contributed by atoms with van der Waals surface area (Å²) in [5.74, 6) is -0.514. The number of sulfonamides is 1. The Bertz CT molecular complexity index is 1460. The number of rotatable bonds is 6. The van der Waals surface area contributed by atoms with Crippen molar-refractivity contribution < 1.29 is 17.9 Å². The zero-order valence-corrected chi connectivity index (χ0v) is 19.4. The van der Waals surface area contributed by atoms with Crippen molar-refractivity contribution in [2.24, 2.45) is 0 Å². The Balaban J connectivity index is 1.77. The van der Waals surface area contributed by atoms with Crippen LogP contribution in [0.5, 0.6) is 0 Å². The number of carbonyl (C=O) groups is 1. The topological polar surface area (TPSA) is 110 Å². The number of nitrogens with zero attached hydrogens (tertiary/aromatic N) is 2. The van der Waals surface area contributed by atoms with Gasteiger partial charge in [-0.1, -0.05) is 35.3 Å². The van der Waals surface area contributed by atoms with Crippen LogP contribution in [-0.4, -0.2) is 31.5 Å². The molecule has 0 spiro atoms. The summed E-state index contributed by atoms with van der Waals surface area (Å²) in [7, 11) is -2.74. The smallest absolute Gasteiger partial charge is 0.339 e. The predicted octanol–water partition coefficient (Wildman–Crippen LogP) is 5.27. The van der Waals surface area contributed by atoms with Crippen LogP contribution in [0.15, 0.2) is 71.6 Å². The quantitative estimate of drug-likeness (QED) is 0.345. The lowest BCUT2D eigenvalue weighted by Gasteiger charge is -2.14. The van der Waals surface area contributed by atoms with E-state index in [9.17, 15) is 13.2 Å². The highest BCUT2D eigenvalue weighted by Crippen LogP contribution is 2.29. The van der Waals surface area contributed by atoms with Crippen molar-refractivity contribution in [1.29, 1.82) is 0 Å². The van der Waals surface area contributed by atoms with Crippen LogP contribution >= 0.6 is 23.2 Å². The molecule has 1 aromatic heterocycles. The number of methoxy groups -OCH3 is 1. The summed E-state index contributed by atoms with van der Waals surface area (Å²) in [5, 5.41) is 3.62. The molecule has 0 aliphatic heterocycles. The third-order valence-corrected chi connectivity index (χ3v) is 6.50. The number of hydrogen-bond donors (Lipinski definition) is 2. The highest BCUT2D eigenvalue weighted by Gasteiger charge is 2.20. The van der Waals surface area contributed by atoms with E-state index in [1.54, 1.807) is 30.3 Å². The van der Waals surface area contributed by atoms with Gasteiger partial charge in [-0.2, -0.15) is 0 Å². The molecule has 0 aliphatic rings. The highest BCUT2D eigenvalue weighted by atomic mass is 35.5. The van der Waals surface area contributed by atoms with Gasteiger partial charge in [0.2, 0.25) is 0 Å². The first-order valence-electron chi connectivity index (χ1n) is 9.47. The normalized spacial score (nSPS) is 11.2. The fourth-order valence-electron chi connectivity index (χ4n) is 2.96. The molecule has 0 radical (unpaired) electrons. The highest BCUT2D eigenvalue weighted by molar-refractivity contribution is 7.92. The van der Waals surface area contributed by atoms with Gasteiger partial charge in [0.15, 0.2) is 11.6 Å². The molecule has 1 heterocycles. The molecule has 0 saturated carbocycles. The number of para-hydroxylation sites is 2. The summed E-state index contributed by atoms with van der Waals surface area (Å²) in [6.07, 6.45) is 0. The number of ether oxygens (including phenoxy) is 1. The molecule has 2 N–H and O–H groups in total. The first kappa shape index (κ1) is 22.8. The van der Waals surface area contributed by atoms with Crippen LogP contribution < -0.4 is 10.0 Å². The second kappa shape index (κ2) is 9.22. The molecule has 4 aromatic rings. The molecular weight excluding hydrogens is 487 g/mol. The summed E-state index contributed by atoms with van der Waals surface area (Å²) in [5.41, 5.74) is 1.59. The van der Waals surface area contributed by atoms with Gasteiger partial charge in [0.1, 0.15) is 0 Å². The van der Waals surface area contributed by atoms with Gasteiger partial charge in [-0.3, -0.25) is 4.72 Å². The van der Waals surface area contributed by atoms with Gasteiger partial charge in [-0.15, -0.1) is 0 Å². The number of anilines is 3. The summed E-state index contributed by atoms with van der Waals surface area (Å²) < 4.78 is 33.1. The van der Waals surface area contributed by atoms with E-state index in [2.05, 4.69) is 20.0 Å². The van der Waals surface area contributed by atoms with Crippen LogP contribution in [0.4, 0.5) is 17.3 Å². The molecule has 0 fully saturated rings. The fraction of sp³-hybridized carbons (Fsp3) is 0.0455. The van der Waals surface area contributed by atoms with E-state index in [1.165, 1.54) is 43.5 Å². The molecule has 0 saturated heterocycles. The molecule has 0 bridgehead atoms. The number of fused-ring (bicyclic) bond motifs is 1. The fourth-order valence-corrected chi connectivity index (χ4v) is 4.29. The molecule has 3 aromatic carbocycles. The second-order valence-electron chi connectivity index (χ2n) is 6.78. The van der Waals surface area contributed by atoms with E-state index in [-0.39, 0.29) is 27.1 Å². The van der Waals surface area contributed by atoms with Crippen molar-refractivity contribution in [3.8, 4) is 0 Å². The SMILES string of the molecule is COC(=O)c1cc(Nc2nc3ccccc3nc2NS(=O)(=O)c2ccc(Cl)cc2)ccc1Cl. The van der Waals surface area contributed by atoms with Gasteiger partial charge in [-0.25, -0.2) is 23.2 Å². The van der Waals surface area contributed by atoms with Crippen LogP contribution in [0.2, 0.25) is 10.0 Å². The maximum Gasteiger partial charge on any atom is 0.339 e. The monoisotopic (exact) mass is 502 g/mol. The number of halogens is 2. The van der Waals surface area contributed by atoms with E-state index >= 15 is 0 Å². The largest absolute Gasteiger partial charge is 0.465 e. The lowest BCUT2D eigenvalue weighted by atomic mass is 10.2. The van der Waals surface area contributed by atoms with Gasteiger partial charge >= 0.3 is 5.97 Å². The van der Waals surface area contributed by atoms with Gasteiger partial charge in [-0.05, 0) is 54.6 Å². The molecule has 0 amide bonds. The molecular formula is C22H16Cl2N4O4S. The zero-order valence-electron chi connectivity index (χ0n) is 17.0. The average Bonchev–Trinajstić information content (AvgIpc) is 2.80. The van der Waals surface area contributed by atoms with Crippen LogP contribution in [0.3, 0.4) is 0 Å². The van der Waals surface area contributed by atoms with Crippen LogP contribution in [0.1, 0.15) is 10.4 Å². The molecule has 4 rings (SSSR count). The van der Waals surface area contributed by atoms with Crippen LogP contribution in [-0.2, 0) is 14.8 Å². The minimum Gasteiger partial charge on any atom is -0.465 e. The Labute approximate surface area is 199 Å². The first-order chi connectivity index (χ1) is 15.8. The lowest BCUT2D eigenvalue weighted by molar-refractivity contribution is 0.0601. The van der Waals surface area contributed by atoms with Gasteiger partial charge in [0.25, 0.3) is 10.0 Å². The Morgan fingerprint density at radius 3 is 2.18 bits per heavy atom. The van der Waals surface area contributed by atoms with E-state index in [4.69, 9.17) is 27.9 Å². The van der Waals surface area contributed by atoms with Crippen LogP contribution in [0.25, 0.3) is 11.0 Å². The van der Waals surface area contributed by atoms with Gasteiger partial charge in [0, 0.05) is 10.7 Å². The summed E-state index contributed by atoms with van der Waals surface area (Å²) in [6, 6.07) is 17.3. The van der Waals surface area contributed by atoms with Gasteiger partial charge in [0.05, 0.1) is 33.6 Å². The van der Waals surface area contributed by atoms with Crippen molar-refractivity contribution >= 4 is 67.6 Å². The Kier molecular flexibility index (Phi) is 6.37. The maximum atomic E-state index is 13.0. The Morgan fingerprint density at radius 2 is 1.55 bits per heavy atom. The molecule has 0 aliphatic carbocycles. The van der Waals surface area contributed by atoms with Crippen LogP contribution in [0, 0.1) is 0 Å².